The Hall–Kier alpha value is -3.32. The summed E-state index contributed by atoms with van der Waals surface area (Å²) in [5.74, 6) is 2.12. The van der Waals surface area contributed by atoms with Crippen molar-refractivity contribution in [3.63, 3.8) is 0 Å². The number of carbonyl (C=O) groups is 2. The standard InChI is InChI=1S/C23H22N2O4S/c1-2-28-17-9-11-19(12-10-17)29-18-7-5-16(6-8-18)24-23(27)20-13-14-21(30-20)25-22(26)15-3-4-15/h5-15H,2-4H2,1H3,(H,24,27)(H,25,26). The predicted octanol–water partition coefficient (Wildman–Crippen LogP) is 5.54. The monoisotopic (exact) mass is 422 g/mol. The number of anilines is 2. The second kappa shape index (κ2) is 9.00. The van der Waals surface area contributed by atoms with Gasteiger partial charge in [0.2, 0.25) is 5.91 Å². The van der Waals surface area contributed by atoms with Crippen LogP contribution in [0.2, 0.25) is 0 Å². The summed E-state index contributed by atoms with van der Waals surface area (Å²) >= 11 is 1.26. The summed E-state index contributed by atoms with van der Waals surface area (Å²) in [5, 5.41) is 6.41. The highest BCUT2D eigenvalue weighted by molar-refractivity contribution is 7.18. The molecule has 1 aliphatic rings. The molecular weight excluding hydrogens is 400 g/mol. The summed E-state index contributed by atoms with van der Waals surface area (Å²) < 4.78 is 11.2. The molecule has 1 fully saturated rings. The van der Waals surface area contributed by atoms with Crippen LogP contribution in [0.15, 0.2) is 60.7 Å². The molecule has 0 saturated heterocycles. The van der Waals surface area contributed by atoms with Gasteiger partial charge >= 0.3 is 0 Å². The predicted molar refractivity (Wildman–Crippen MR) is 118 cm³/mol. The van der Waals surface area contributed by atoms with Gasteiger partial charge in [-0.1, -0.05) is 0 Å². The maximum absolute atomic E-state index is 12.5. The zero-order valence-electron chi connectivity index (χ0n) is 16.5. The first-order valence-electron chi connectivity index (χ1n) is 9.83. The fraction of sp³-hybridized carbons (Fsp3) is 0.217. The van der Waals surface area contributed by atoms with E-state index in [1.807, 2.05) is 31.2 Å². The largest absolute Gasteiger partial charge is 0.494 e. The quantitative estimate of drug-likeness (QED) is 0.500. The van der Waals surface area contributed by atoms with Crippen LogP contribution in [0.4, 0.5) is 10.7 Å². The molecule has 0 bridgehead atoms. The van der Waals surface area contributed by atoms with Crippen LogP contribution in [0, 0.1) is 5.92 Å². The Labute approximate surface area is 178 Å². The highest BCUT2D eigenvalue weighted by Crippen LogP contribution is 2.32. The Morgan fingerprint density at radius 1 is 0.900 bits per heavy atom. The minimum atomic E-state index is -0.216. The van der Waals surface area contributed by atoms with Gasteiger partial charge < -0.3 is 20.1 Å². The molecule has 0 unspecified atom stereocenters. The van der Waals surface area contributed by atoms with Gasteiger partial charge in [-0.25, -0.2) is 0 Å². The van der Waals surface area contributed by atoms with Crippen LogP contribution in [-0.4, -0.2) is 18.4 Å². The Bertz CT molecular complexity index is 1020. The molecule has 1 saturated carbocycles. The van der Waals surface area contributed by atoms with Crippen LogP contribution >= 0.6 is 11.3 Å². The average molecular weight is 423 g/mol. The molecule has 0 spiro atoms. The number of hydrogen-bond acceptors (Lipinski definition) is 5. The molecule has 4 rings (SSSR count). The maximum atomic E-state index is 12.5. The summed E-state index contributed by atoms with van der Waals surface area (Å²) in [4.78, 5) is 24.8. The number of hydrogen-bond donors (Lipinski definition) is 2. The number of benzene rings is 2. The number of rotatable bonds is 8. The zero-order valence-corrected chi connectivity index (χ0v) is 17.3. The third kappa shape index (κ3) is 5.18. The van der Waals surface area contributed by atoms with E-state index >= 15 is 0 Å². The summed E-state index contributed by atoms with van der Waals surface area (Å²) in [5.41, 5.74) is 0.663. The van der Waals surface area contributed by atoms with Crippen molar-refractivity contribution in [1.29, 1.82) is 0 Å². The second-order valence-electron chi connectivity index (χ2n) is 6.91. The van der Waals surface area contributed by atoms with Crippen molar-refractivity contribution < 1.29 is 19.1 Å². The molecule has 0 atom stereocenters. The van der Waals surface area contributed by atoms with Crippen molar-refractivity contribution in [2.24, 2.45) is 5.92 Å². The molecule has 1 aliphatic carbocycles. The minimum Gasteiger partial charge on any atom is -0.494 e. The smallest absolute Gasteiger partial charge is 0.265 e. The van der Waals surface area contributed by atoms with Crippen LogP contribution in [0.1, 0.15) is 29.4 Å². The summed E-state index contributed by atoms with van der Waals surface area (Å²) in [7, 11) is 0. The first kappa shape index (κ1) is 20.0. The third-order valence-electron chi connectivity index (χ3n) is 4.51. The molecule has 154 valence electrons. The molecule has 1 heterocycles. The Kier molecular flexibility index (Phi) is 5.99. The van der Waals surface area contributed by atoms with E-state index in [0.717, 1.165) is 18.6 Å². The fourth-order valence-corrected chi connectivity index (χ4v) is 3.61. The van der Waals surface area contributed by atoms with Gasteiger partial charge in [0.05, 0.1) is 16.5 Å². The number of amides is 2. The molecule has 2 aromatic carbocycles. The molecule has 1 aromatic heterocycles. The van der Waals surface area contributed by atoms with Gasteiger partial charge in [-0.2, -0.15) is 0 Å². The SMILES string of the molecule is CCOc1ccc(Oc2ccc(NC(=O)c3ccc(NC(=O)C4CC4)s3)cc2)cc1. The van der Waals surface area contributed by atoms with Crippen molar-refractivity contribution in [3.05, 3.63) is 65.5 Å². The zero-order chi connectivity index (χ0) is 20.9. The molecule has 2 amide bonds. The maximum Gasteiger partial charge on any atom is 0.265 e. The minimum absolute atomic E-state index is 0.0342. The van der Waals surface area contributed by atoms with Crippen molar-refractivity contribution in [2.75, 3.05) is 17.2 Å². The second-order valence-corrected chi connectivity index (χ2v) is 8.00. The lowest BCUT2D eigenvalue weighted by molar-refractivity contribution is -0.117. The number of nitrogens with one attached hydrogen (secondary N) is 2. The Morgan fingerprint density at radius 2 is 1.53 bits per heavy atom. The normalized spacial score (nSPS) is 12.8. The van der Waals surface area contributed by atoms with E-state index in [1.54, 1.807) is 36.4 Å². The van der Waals surface area contributed by atoms with Crippen LogP contribution in [0.25, 0.3) is 0 Å². The molecule has 0 radical (unpaired) electrons. The lowest BCUT2D eigenvalue weighted by Gasteiger charge is -2.09. The van der Waals surface area contributed by atoms with Crippen molar-refractivity contribution in [3.8, 4) is 17.2 Å². The highest BCUT2D eigenvalue weighted by atomic mass is 32.1. The molecule has 7 heteroatoms. The highest BCUT2D eigenvalue weighted by Gasteiger charge is 2.29. The number of thiophene rings is 1. The van der Waals surface area contributed by atoms with E-state index in [9.17, 15) is 9.59 Å². The van der Waals surface area contributed by atoms with Crippen LogP contribution in [0.5, 0.6) is 17.2 Å². The Balaban J connectivity index is 1.32. The first-order valence-corrected chi connectivity index (χ1v) is 10.6. The van der Waals surface area contributed by atoms with E-state index in [4.69, 9.17) is 9.47 Å². The fourth-order valence-electron chi connectivity index (χ4n) is 2.80. The van der Waals surface area contributed by atoms with Crippen molar-refractivity contribution in [2.45, 2.75) is 19.8 Å². The van der Waals surface area contributed by atoms with Gasteiger partial charge in [0.15, 0.2) is 0 Å². The molecule has 30 heavy (non-hydrogen) atoms. The number of ether oxygens (including phenoxy) is 2. The molecule has 2 N–H and O–H groups in total. The van der Waals surface area contributed by atoms with Gasteiger partial charge in [0, 0.05) is 11.6 Å². The summed E-state index contributed by atoms with van der Waals surface area (Å²) in [6, 6.07) is 18.0. The summed E-state index contributed by atoms with van der Waals surface area (Å²) in [6.45, 7) is 2.56. The van der Waals surface area contributed by atoms with Crippen molar-refractivity contribution in [1.82, 2.24) is 0 Å². The van der Waals surface area contributed by atoms with Crippen LogP contribution in [-0.2, 0) is 4.79 Å². The number of carbonyl (C=O) groups excluding carboxylic acids is 2. The third-order valence-corrected chi connectivity index (χ3v) is 5.51. The molecule has 3 aromatic rings. The van der Waals surface area contributed by atoms with E-state index in [1.165, 1.54) is 11.3 Å². The first-order chi connectivity index (χ1) is 14.6. The molecular formula is C23H22N2O4S. The van der Waals surface area contributed by atoms with Gasteiger partial charge in [0.1, 0.15) is 17.2 Å². The van der Waals surface area contributed by atoms with Crippen LogP contribution < -0.4 is 20.1 Å². The van der Waals surface area contributed by atoms with E-state index in [-0.39, 0.29) is 17.7 Å². The van der Waals surface area contributed by atoms with Gasteiger partial charge in [-0.15, -0.1) is 11.3 Å². The Morgan fingerprint density at radius 3 is 2.17 bits per heavy atom. The molecule has 6 nitrogen and oxygen atoms in total. The lowest BCUT2D eigenvalue weighted by Crippen LogP contribution is -2.12. The average Bonchev–Trinajstić information content (AvgIpc) is 3.50. The van der Waals surface area contributed by atoms with E-state index in [0.29, 0.717) is 33.7 Å². The topological polar surface area (TPSA) is 76.7 Å². The van der Waals surface area contributed by atoms with Crippen molar-refractivity contribution >= 4 is 33.8 Å². The lowest BCUT2D eigenvalue weighted by atomic mass is 10.3. The van der Waals surface area contributed by atoms with Gasteiger partial charge in [-0.05, 0) is 80.4 Å². The van der Waals surface area contributed by atoms with E-state index < -0.39 is 0 Å². The van der Waals surface area contributed by atoms with Gasteiger partial charge in [0.25, 0.3) is 5.91 Å². The summed E-state index contributed by atoms with van der Waals surface area (Å²) in [6.07, 6.45) is 1.89. The van der Waals surface area contributed by atoms with E-state index in [2.05, 4.69) is 10.6 Å². The molecule has 0 aliphatic heterocycles. The van der Waals surface area contributed by atoms with Crippen LogP contribution in [0.3, 0.4) is 0 Å². The van der Waals surface area contributed by atoms with Gasteiger partial charge in [-0.3, -0.25) is 9.59 Å².